The maximum atomic E-state index is 13.8. The highest BCUT2D eigenvalue weighted by Gasteiger charge is 2.31. The van der Waals surface area contributed by atoms with Crippen LogP contribution in [-0.2, 0) is 26.0 Å². The Bertz CT molecular complexity index is 1330. The number of benzene rings is 3. The fraction of sp³-hybridized carbons (Fsp3) is 0.355. The molecule has 0 saturated heterocycles. The number of para-hydroxylation sites is 1. The van der Waals surface area contributed by atoms with Crippen LogP contribution in [0.5, 0.6) is 11.5 Å². The third kappa shape index (κ3) is 8.84. The maximum Gasteiger partial charge on any atom is 0.244 e. The predicted molar refractivity (Wildman–Crippen MR) is 159 cm³/mol. The molecule has 3 rings (SSSR count). The SMILES string of the molecule is CC[C@@H](C)NC(=O)[C@@H](CC)N(CCc1ccccc1)C(=O)CN(c1ccc(Oc2ccccc2)cc1)S(C)(=O)=O. The van der Waals surface area contributed by atoms with Gasteiger partial charge >= 0.3 is 0 Å². The minimum Gasteiger partial charge on any atom is -0.457 e. The van der Waals surface area contributed by atoms with Crippen LogP contribution < -0.4 is 14.4 Å². The number of nitrogens with zero attached hydrogens (tertiary/aromatic N) is 2. The Hall–Kier alpha value is -3.85. The summed E-state index contributed by atoms with van der Waals surface area (Å²) in [5, 5.41) is 2.98. The topological polar surface area (TPSA) is 96.0 Å². The van der Waals surface area contributed by atoms with Crippen molar-refractivity contribution in [2.75, 3.05) is 23.7 Å². The number of hydrogen-bond donors (Lipinski definition) is 1. The Balaban J connectivity index is 1.85. The lowest BCUT2D eigenvalue weighted by molar-refractivity contribution is -0.139. The molecule has 0 aliphatic heterocycles. The van der Waals surface area contributed by atoms with E-state index < -0.39 is 28.5 Å². The summed E-state index contributed by atoms with van der Waals surface area (Å²) in [5.74, 6) is 0.497. The molecule has 0 aliphatic carbocycles. The summed E-state index contributed by atoms with van der Waals surface area (Å²) in [5.41, 5.74) is 1.35. The third-order valence-electron chi connectivity index (χ3n) is 6.65. The normalized spacial score (nSPS) is 12.7. The first kappa shape index (κ1) is 30.7. The van der Waals surface area contributed by atoms with Crippen molar-refractivity contribution < 1.29 is 22.7 Å². The van der Waals surface area contributed by atoms with E-state index >= 15 is 0 Å². The van der Waals surface area contributed by atoms with Crippen molar-refractivity contribution >= 4 is 27.5 Å². The fourth-order valence-corrected chi connectivity index (χ4v) is 5.11. The fourth-order valence-electron chi connectivity index (χ4n) is 4.26. The van der Waals surface area contributed by atoms with Gasteiger partial charge in [-0.05, 0) is 68.1 Å². The van der Waals surface area contributed by atoms with Gasteiger partial charge in [-0.2, -0.15) is 0 Å². The molecule has 0 unspecified atom stereocenters. The van der Waals surface area contributed by atoms with E-state index in [1.807, 2.05) is 81.4 Å². The standard InChI is InChI=1S/C31H39N3O5S/c1-5-24(3)32-31(36)29(6-2)33(22-21-25-13-9-7-10-14-25)30(35)23-34(40(4,37)38)26-17-19-28(20-18-26)39-27-15-11-8-12-16-27/h7-20,24,29H,5-6,21-23H2,1-4H3,(H,32,36)/t24-,29-/m1/s1. The van der Waals surface area contributed by atoms with Crippen LogP contribution in [0.15, 0.2) is 84.9 Å². The Morgan fingerprint density at radius 3 is 1.98 bits per heavy atom. The van der Waals surface area contributed by atoms with E-state index in [0.29, 0.717) is 30.0 Å². The lowest BCUT2D eigenvalue weighted by Crippen LogP contribution is -2.54. The molecule has 0 fully saturated rings. The summed E-state index contributed by atoms with van der Waals surface area (Å²) in [6, 6.07) is 24.7. The van der Waals surface area contributed by atoms with Gasteiger partial charge in [0.15, 0.2) is 0 Å². The van der Waals surface area contributed by atoms with Crippen LogP contribution in [0.3, 0.4) is 0 Å². The number of nitrogens with one attached hydrogen (secondary N) is 1. The van der Waals surface area contributed by atoms with E-state index in [9.17, 15) is 18.0 Å². The number of rotatable bonds is 14. The Morgan fingerprint density at radius 2 is 1.43 bits per heavy atom. The molecular formula is C31H39N3O5S. The van der Waals surface area contributed by atoms with Crippen molar-refractivity contribution in [2.45, 2.75) is 52.1 Å². The number of amides is 2. The Morgan fingerprint density at radius 1 is 0.850 bits per heavy atom. The summed E-state index contributed by atoms with van der Waals surface area (Å²) in [4.78, 5) is 28.5. The molecule has 214 valence electrons. The number of carbonyl (C=O) groups excluding carboxylic acids is 2. The van der Waals surface area contributed by atoms with Crippen LogP contribution in [0, 0.1) is 0 Å². The number of sulfonamides is 1. The second-order valence-corrected chi connectivity index (χ2v) is 11.7. The zero-order valence-electron chi connectivity index (χ0n) is 23.6. The number of hydrogen-bond acceptors (Lipinski definition) is 5. The third-order valence-corrected chi connectivity index (χ3v) is 7.79. The van der Waals surface area contributed by atoms with Crippen molar-refractivity contribution in [3.8, 4) is 11.5 Å². The summed E-state index contributed by atoms with van der Waals surface area (Å²) in [6.07, 6.45) is 2.75. The highest BCUT2D eigenvalue weighted by atomic mass is 32.2. The van der Waals surface area contributed by atoms with Crippen LogP contribution >= 0.6 is 0 Å². The molecule has 0 radical (unpaired) electrons. The van der Waals surface area contributed by atoms with Gasteiger partial charge in [0.2, 0.25) is 21.8 Å². The van der Waals surface area contributed by atoms with Gasteiger partial charge in [-0.15, -0.1) is 0 Å². The zero-order valence-corrected chi connectivity index (χ0v) is 24.4. The van der Waals surface area contributed by atoms with Gasteiger partial charge in [0, 0.05) is 12.6 Å². The molecular weight excluding hydrogens is 526 g/mol. The van der Waals surface area contributed by atoms with Crippen molar-refractivity contribution in [1.82, 2.24) is 10.2 Å². The Labute approximate surface area is 238 Å². The quantitative estimate of drug-likeness (QED) is 0.297. The highest BCUT2D eigenvalue weighted by molar-refractivity contribution is 7.92. The molecule has 8 nitrogen and oxygen atoms in total. The molecule has 0 spiro atoms. The van der Waals surface area contributed by atoms with Gasteiger partial charge in [0.25, 0.3) is 0 Å². The summed E-state index contributed by atoms with van der Waals surface area (Å²) < 4.78 is 32.6. The van der Waals surface area contributed by atoms with Crippen molar-refractivity contribution in [3.05, 3.63) is 90.5 Å². The summed E-state index contributed by atoms with van der Waals surface area (Å²) >= 11 is 0. The van der Waals surface area contributed by atoms with Gasteiger partial charge in [0.05, 0.1) is 11.9 Å². The molecule has 3 aromatic carbocycles. The van der Waals surface area contributed by atoms with Crippen molar-refractivity contribution in [1.29, 1.82) is 0 Å². The zero-order chi connectivity index (χ0) is 29.1. The summed E-state index contributed by atoms with van der Waals surface area (Å²) in [6.45, 7) is 5.58. The highest BCUT2D eigenvalue weighted by Crippen LogP contribution is 2.26. The first-order valence-corrected chi connectivity index (χ1v) is 15.4. The summed E-state index contributed by atoms with van der Waals surface area (Å²) in [7, 11) is -3.82. The monoisotopic (exact) mass is 565 g/mol. The van der Waals surface area contributed by atoms with E-state index in [2.05, 4.69) is 5.32 Å². The predicted octanol–water partition coefficient (Wildman–Crippen LogP) is 5.01. The van der Waals surface area contributed by atoms with Crippen LogP contribution in [0.25, 0.3) is 0 Å². The lowest BCUT2D eigenvalue weighted by Gasteiger charge is -2.33. The number of carbonyl (C=O) groups is 2. The molecule has 0 aromatic heterocycles. The van der Waals surface area contributed by atoms with E-state index in [0.717, 1.165) is 22.5 Å². The largest absolute Gasteiger partial charge is 0.457 e. The molecule has 0 heterocycles. The molecule has 2 atom stereocenters. The van der Waals surface area contributed by atoms with E-state index in [1.165, 1.54) is 4.90 Å². The van der Waals surface area contributed by atoms with Gasteiger partial charge in [-0.1, -0.05) is 62.4 Å². The van der Waals surface area contributed by atoms with Crippen LogP contribution in [0.2, 0.25) is 0 Å². The Kier molecular flexibility index (Phi) is 11.1. The van der Waals surface area contributed by atoms with Crippen LogP contribution in [0.1, 0.15) is 39.2 Å². The molecule has 9 heteroatoms. The van der Waals surface area contributed by atoms with Crippen LogP contribution in [-0.4, -0.2) is 56.6 Å². The lowest BCUT2D eigenvalue weighted by atomic mass is 10.1. The van der Waals surface area contributed by atoms with Crippen molar-refractivity contribution in [2.24, 2.45) is 0 Å². The first-order chi connectivity index (χ1) is 19.1. The van der Waals surface area contributed by atoms with E-state index in [1.54, 1.807) is 24.3 Å². The van der Waals surface area contributed by atoms with Gasteiger partial charge in [-0.3, -0.25) is 13.9 Å². The second kappa shape index (κ2) is 14.5. The maximum absolute atomic E-state index is 13.8. The van der Waals surface area contributed by atoms with Gasteiger partial charge < -0.3 is 15.0 Å². The van der Waals surface area contributed by atoms with Crippen molar-refractivity contribution in [3.63, 3.8) is 0 Å². The molecule has 0 saturated carbocycles. The van der Waals surface area contributed by atoms with E-state index in [-0.39, 0.29) is 18.5 Å². The van der Waals surface area contributed by atoms with Gasteiger partial charge in [0.1, 0.15) is 24.1 Å². The smallest absolute Gasteiger partial charge is 0.244 e. The molecule has 1 N–H and O–H groups in total. The first-order valence-electron chi connectivity index (χ1n) is 13.6. The molecule has 0 bridgehead atoms. The van der Waals surface area contributed by atoms with E-state index in [4.69, 9.17) is 4.74 Å². The molecule has 3 aromatic rings. The minimum absolute atomic E-state index is 0.0447. The molecule has 0 aliphatic rings. The average molecular weight is 566 g/mol. The molecule has 2 amide bonds. The second-order valence-electron chi connectivity index (χ2n) is 9.74. The number of ether oxygens (including phenoxy) is 1. The molecule has 40 heavy (non-hydrogen) atoms. The van der Waals surface area contributed by atoms with Gasteiger partial charge in [-0.25, -0.2) is 8.42 Å². The average Bonchev–Trinajstić information content (AvgIpc) is 2.94. The minimum atomic E-state index is -3.82. The van der Waals surface area contributed by atoms with Crippen LogP contribution in [0.4, 0.5) is 5.69 Å². The number of anilines is 1.